The summed E-state index contributed by atoms with van der Waals surface area (Å²) in [4.78, 5) is 53.9. The Morgan fingerprint density at radius 1 is 0.821 bits per heavy atom. The number of halogens is 2. The van der Waals surface area contributed by atoms with Crippen LogP contribution in [0.15, 0.2) is 72.8 Å². The molecule has 2 amide bonds. The van der Waals surface area contributed by atoms with Crippen molar-refractivity contribution in [2.24, 2.45) is 0 Å². The number of carbonyl (C=O) groups is 4. The van der Waals surface area contributed by atoms with Gasteiger partial charge >= 0.3 is 5.97 Å². The second-order valence-corrected chi connectivity index (χ2v) is 10.7. The van der Waals surface area contributed by atoms with E-state index in [2.05, 4.69) is 0 Å². The maximum atomic E-state index is 13.4. The predicted octanol–water partition coefficient (Wildman–Crippen LogP) is 5.75. The summed E-state index contributed by atoms with van der Waals surface area (Å²) in [5.74, 6) is -2.85. The summed E-state index contributed by atoms with van der Waals surface area (Å²) in [6.07, 6.45) is -0.289. The number of esters is 1. The van der Waals surface area contributed by atoms with Crippen LogP contribution in [0, 0.1) is 0 Å². The Kier molecular flexibility index (Phi) is 9.89. The van der Waals surface area contributed by atoms with Gasteiger partial charge in [-0.3, -0.25) is 14.4 Å². The van der Waals surface area contributed by atoms with Gasteiger partial charge in [-0.2, -0.15) is 0 Å². The maximum Gasteiger partial charge on any atom is 0.375 e. The first-order chi connectivity index (χ1) is 18.4. The number of ketones is 1. The van der Waals surface area contributed by atoms with Gasteiger partial charge in [0.05, 0.1) is 23.0 Å². The lowest BCUT2D eigenvalue weighted by Crippen LogP contribution is -2.37. The van der Waals surface area contributed by atoms with E-state index in [1.54, 1.807) is 70.4 Å². The SMILES string of the molecule is CN(C)C(=O)c1ccc(N(Cc2ccc(Cl)c(Cl)c2)C(=O)CC(=O)C(=O)OC(C)(C)Cc2ccccc2)cc1. The lowest BCUT2D eigenvalue weighted by Gasteiger charge is -2.26. The van der Waals surface area contributed by atoms with Crippen molar-refractivity contribution in [1.29, 1.82) is 0 Å². The Morgan fingerprint density at radius 3 is 2.05 bits per heavy atom. The van der Waals surface area contributed by atoms with Crippen LogP contribution in [0.4, 0.5) is 5.69 Å². The van der Waals surface area contributed by atoms with Gasteiger partial charge in [0.15, 0.2) is 0 Å². The number of amides is 2. The number of carbonyl (C=O) groups excluding carboxylic acids is 4. The molecular weight excluding hydrogens is 539 g/mol. The standard InChI is InChI=1S/C30H30Cl2N2O5/c1-30(2,18-20-8-6-5-7-9-20)39-29(38)26(35)17-27(36)34(19-21-10-15-24(31)25(32)16-21)23-13-11-22(12-14-23)28(37)33(3)4/h5-16H,17-19H2,1-4H3. The summed E-state index contributed by atoms with van der Waals surface area (Å²) in [5, 5.41) is 0.676. The zero-order valence-electron chi connectivity index (χ0n) is 22.2. The molecule has 204 valence electrons. The van der Waals surface area contributed by atoms with Crippen LogP contribution < -0.4 is 4.90 Å². The van der Waals surface area contributed by atoms with Gasteiger partial charge in [0.2, 0.25) is 11.7 Å². The minimum absolute atomic E-state index is 0.0541. The summed E-state index contributed by atoms with van der Waals surface area (Å²) in [7, 11) is 3.28. The minimum Gasteiger partial charge on any atom is -0.454 e. The number of anilines is 1. The number of nitrogens with zero attached hydrogens (tertiary/aromatic N) is 2. The molecule has 0 saturated carbocycles. The van der Waals surface area contributed by atoms with E-state index in [4.69, 9.17) is 27.9 Å². The smallest absolute Gasteiger partial charge is 0.375 e. The number of ether oxygens (including phenoxy) is 1. The van der Waals surface area contributed by atoms with Crippen molar-refractivity contribution in [3.63, 3.8) is 0 Å². The Labute approximate surface area is 238 Å². The van der Waals surface area contributed by atoms with Crippen LogP contribution in [0.25, 0.3) is 0 Å². The van der Waals surface area contributed by atoms with Crippen molar-refractivity contribution in [2.45, 2.75) is 38.8 Å². The Hall–Kier alpha value is -3.68. The normalized spacial score (nSPS) is 11.0. The molecular formula is C30H30Cl2N2O5. The molecule has 0 heterocycles. The highest BCUT2D eigenvalue weighted by atomic mass is 35.5. The molecule has 0 aliphatic carbocycles. The van der Waals surface area contributed by atoms with E-state index in [9.17, 15) is 19.2 Å². The van der Waals surface area contributed by atoms with Crippen LogP contribution in [-0.4, -0.2) is 48.2 Å². The molecule has 39 heavy (non-hydrogen) atoms. The van der Waals surface area contributed by atoms with E-state index >= 15 is 0 Å². The van der Waals surface area contributed by atoms with E-state index in [0.29, 0.717) is 33.3 Å². The van der Waals surface area contributed by atoms with Crippen molar-refractivity contribution < 1.29 is 23.9 Å². The fourth-order valence-electron chi connectivity index (χ4n) is 3.92. The molecule has 3 aromatic carbocycles. The summed E-state index contributed by atoms with van der Waals surface area (Å²) in [6.45, 7) is 3.47. The minimum atomic E-state index is -1.08. The summed E-state index contributed by atoms with van der Waals surface area (Å²) < 4.78 is 5.47. The van der Waals surface area contributed by atoms with Gasteiger partial charge in [0.25, 0.3) is 5.91 Å². The van der Waals surface area contributed by atoms with Crippen LogP contribution in [0.3, 0.4) is 0 Å². The van der Waals surface area contributed by atoms with E-state index < -0.39 is 29.7 Å². The van der Waals surface area contributed by atoms with Gasteiger partial charge in [-0.25, -0.2) is 4.79 Å². The van der Waals surface area contributed by atoms with E-state index in [1.807, 2.05) is 30.3 Å². The van der Waals surface area contributed by atoms with Gasteiger partial charge in [-0.1, -0.05) is 59.6 Å². The van der Waals surface area contributed by atoms with Crippen LogP contribution in [0.5, 0.6) is 0 Å². The molecule has 0 bridgehead atoms. The summed E-state index contributed by atoms with van der Waals surface area (Å²) in [5.41, 5.74) is 1.53. The Morgan fingerprint density at radius 2 is 1.46 bits per heavy atom. The predicted molar refractivity (Wildman–Crippen MR) is 152 cm³/mol. The number of hydrogen-bond acceptors (Lipinski definition) is 5. The molecule has 0 aliphatic rings. The maximum absolute atomic E-state index is 13.4. The monoisotopic (exact) mass is 568 g/mol. The van der Waals surface area contributed by atoms with Crippen LogP contribution >= 0.6 is 23.2 Å². The van der Waals surface area contributed by atoms with Gasteiger partial charge < -0.3 is 14.5 Å². The van der Waals surface area contributed by atoms with E-state index in [1.165, 1.54) is 9.80 Å². The van der Waals surface area contributed by atoms with Crippen molar-refractivity contribution in [1.82, 2.24) is 4.90 Å². The zero-order chi connectivity index (χ0) is 28.7. The van der Waals surface area contributed by atoms with Crippen molar-refractivity contribution in [2.75, 3.05) is 19.0 Å². The summed E-state index contributed by atoms with van der Waals surface area (Å²) >= 11 is 12.2. The highest BCUT2D eigenvalue weighted by molar-refractivity contribution is 6.42. The van der Waals surface area contributed by atoms with Crippen molar-refractivity contribution >= 4 is 52.5 Å². The first-order valence-electron chi connectivity index (χ1n) is 12.2. The number of hydrogen-bond donors (Lipinski definition) is 0. The van der Waals surface area contributed by atoms with Gasteiger partial charge in [0, 0.05) is 31.8 Å². The number of benzene rings is 3. The molecule has 9 heteroatoms. The van der Waals surface area contributed by atoms with Crippen LogP contribution in [0.2, 0.25) is 10.0 Å². The zero-order valence-corrected chi connectivity index (χ0v) is 23.8. The molecule has 0 atom stereocenters. The average molecular weight is 569 g/mol. The Balaban J connectivity index is 1.78. The van der Waals surface area contributed by atoms with Gasteiger partial charge in [-0.15, -0.1) is 0 Å². The topological polar surface area (TPSA) is 84.0 Å². The second-order valence-electron chi connectivity index (χ2n) is 9.89. The van der Waals surface area contributed by atoms with Crippen molar-refractivity contribution in [3.05, 3.63) is 99.5 Å². The number of rotatable bonds is 10. The summed E-state index contributed by atoms with van der Waals surface area (Å²) in [6, 6.07) is 20.8. The molecule has 0 aliphatic heterocycles. The molecule has 0 N–H and O–H groups in total. The molecule has 3 rings (SSSR count). The third-order valence-corrected chi connectivity index (χ3v) is 6.58. The average Bonchev–Trinajstić information content (AvgIpc) is 2.88. The highest BCUT2D eigenvalue weighted by Gasteiger charge is 2.30. The lowest BCUT2D eigenvalue weighted by atomic mass is 9.98. The first kappa shape index (κ1) is 29.9. The molecule has 7 nitrogen and oxygen atoms in total. The molecule has 0 spiro atoms. The fraction of sp³-hybridized carbons (Fsp3) is 0.267. The highest BCUT2D eigenvalue weighted by Crippen LogP contribution is 2.26. The third-order valence-electron chi connectivity index (χ3n) is 5.84. The van der Waals surface area contributed by atoms with Crippen molar-refractivity contribution in [3.8, 4) is 0 Å². The van der Waals surface area contributed by atoms with Gasteiger partial charge in [-0.05, 0) is 61.4 Å². The van der Waals surface area contributed by atoms with Gasteiger partial charge in [0.1, 0.15) is 5.60 Å². The Bertz CT molecular complexity index is 1360. The second kappa shape index (κ2) is 12.9. The van der Waals surface area contributed by atoms with E-state index in [-0.39, 0.29) is 12.5 Å². The molecule has 3 aromatic rings. The molecule has 0 radical (unpaired) electrons. The quantitative estimate of drug-likeness (QED) is 0.176. The van der Waals surface area contributed by atoms with Crippen LogP contribution in [-0.2, 0) is 32.1 Å². The fourth-order valence-corrected chi connectivity index (χ4v) is 4.24. The molecule has 0 saturated heterocycles. The third kappa shape index (κ3) is 8.40. The largest absolute Gasteiger partial charge is 0.454 e. The molecule has 0 unspecified atom stereocenters. The van der Waals surface area contributed by atoms with E-state index in [0.717, 1.165) is 5.56 Å². The molecule has 0 fully saturated rings. The number of Topliss-reactive ketones (excluding diaryl/α,β-unsaturated/α-hetero) is 1. The van der Waals surface area contributed by atoms with Crippen LogP contribution in [0.1, 0.15) is 41.8 Å². The first-order valence-corrected chi connectivity index (χ1v) is 13.0. The lowest BCUT2D eigenvalue weighted by molar-refractivity contribution is -0.164. The molecule has 0 aromatic heterocycles.